The van der Waals surface area contributed by atoms with E-state index in [2.05, 4.69) is 26.6 Å². The molecule has 0 radical (unpaired) electrons. The lowest BCUT2D eigenvalue weighted by Crippen LogP contribution is -2.36. The van der Waals surface area contributed by atoms with Crippen molar-refractivity contribution in [1.82, 2.24) is 5.32 Å². The van der Waals surface area contributed by atoms with Gasteiger partial charge in [0.1, 0.15) is 5.75 Å². The highest BCUT2D eigenvalue weighted by molar-refractivity contribution is 9.10. The predicted octanol–water partition coefficient (Wildman–Crippen LogP) is 2.76. The molecule has 0 aliphatic rings. The van der Waals surface area contributed by atoms with Crippen LogP contribution in [0.2, 0.25) is 0 Å². The Morgan fingerprint density at radius 2 is 1.74 bits per heavy atom. The average molecular weight is 377 g/mol. The summed E-state index contributed by atoms with van der Waals surface area (Å²) in [6, 6.07) is 14.7. The summed E-state index contributed by atoms with van der Waals surface area (Å²) in [6.45, 7) is 0.350. The molecule has 0 spiro atoms. The number of carbonyl (C=O) groups is 2. The number of carbonyl (C=O) groups excluding carboxylic acids is 2. The quantitative estimate of drug-likeness (QED) is 0.788. The molecular weight excluding hydrogens is 360 g/mol. The Morgan fingerprint density at radius 1 is 1.04 bits per heavy atom. The Kier molecular flexibility index (Phi) is 6.17. The van der Waals surface area contributed by atoms with Crippen molar-refractivity contribution in [2.75, 3.05) is 19.0 Å². The average Bonchev–Trinajstić information content (AvgIpc) is 2.57. The van der Waals surface area contributed by atoms with Crippen molar-refractivity contribution in [3.05, 3.63) is 58.6 Å². The Labute approximate surface area is 143 Å². The molecular formula is C17H17BrN2O3. The fraction of sp³-hybridized carbons (Fsp3) is 0.176. The second-order valence-corrected chi connectivity index (χ2v) is 5.61. The van der Waals surface area contributed by atoms with E-state index in [1.54, 1.807) is 25.3 Å². The number of benzene rings is 2. The number of nitrogens with one attached hydrogen (secondary N) is 2. The van der Waals surface area contributed by atoms with Gasteiger partial charge in [0.05, 0.1) is 12.8 Å². The summed E-state index contributed by atoms with van der Waals surface area (Å²) < 4.78 is 5.96. The first kappa shape index (κ1) is 17.0. The maximum absolute atomic E-state index is 11.9. The molecule has 0 fully saturated rings. The molecule has 0 aliphatic carbocycles. The van der Waals surface area contributed by atoms with Crippen LogP contribution in [0.5, 0.6) is 5.75 Å². The van der Waals surface area contributed by atoms with Gasteiger partial charge in [-0.15, -0.1) is 0 Å². The molecule has 5 nitrogen and oxygen atoms in total. The van der Waals surface area contributed by atoms with Crippen molar-refractivity contribution in [2.24, 2.45) is 0 Å². The maximum atomic E-state index is 11.9. The van der Waals surface area contributed by atoms with Crippen LogP contribution in [0.25, 0.3) is 0 Å². The van der Waals surface area contributed by atoms with Gasteiger partial charge < -0.3 is 15.4 Å². The predicted molar refractivity (Wildman–Crippen MR) is 92.5 cm³/mol. The van der Waals surface area contributed by atoms with E-state index in [1.165, 1.54) is 0 Å². The van der Waals surface area contributed by atoms with E-state index in [0.717, 1.165) is 15.8 Å². The first-order valence-electron chi connectivity index (χ1n) is 7.07. The molecule has 2 rings (SSSR count). The monoisotopic (exact) mass is 376 g/mol. The van der Waals surface area contributed by atoms with Gasteiger partial charge in [0.15, 0.2) is 0 Å². The number of hydrogen-bond acceptors (Lipinski definition) is 3. The number of para-hydroxylation sites is 2. The molecule has 2 N–H and O–H groups in total. The first-order chi connectivity index (χ1) is 11.1. The lowest BCUT2D eigenvalue weighted by Gasteiger charge is -2.10. The number of amides is 2. The largest absolute Gasteiger partial charge is 0.496 e. The van der Waals surface area contributed by atoms with Crippen molar-refractivity contribution in [1.29, 1.82) is 0 Å². The minimum atomic E-state index is -0.697. The van der Waals surface area contributed by atoms with Crippen molar-refractivity contribution in [2.45, 2.75) is 6.42 Å². The van der Waals surface area contributed by atoms with E-state index in [1.807, 2.05) is 30.3 Å². The molecule has 2 aromatic carbocycles. The lowest BCUT2D eigenvalue weighted by molar-refractivity contribution is -0.136. The van der Waals surface area contributed by atoms with Crippen LogP contribution < -0.4 is 15.4 Å². The van der Waals surface area contributed by atoms with Crippen molar-refractivity contribution in [3.8, 4) is 5.75 Å². The fourth-order valence-corrected chi connectivity index (χ4v) is 2.43. The van der Waals surface area contributed by atoms with Crippen LogP contribution in [-0.4, -0.2) is 25.5 Å². The number of rotatable bonds is 5. The summed E-state index contributed by atoms with van der Waals surface area (Å²) in [5, 5.41) is 5.16. The van der Waals surface area contributed by atoms with Crippen LogP contribution in [0, 0.1) is 0 Å². The van der Waals surface area contributed by atoms with Crippen molar-refractivity contribution >= 4 is 33.4 Å². The van der Waals surface area contributed by atoms with E-state index < -0.39 is 11.8 Å². The van der Waals surface area contributed by atoms with Gasteiger partial charge in [-0.2, -0.15) is 0 Å². The molecule has 0 unspecified atom stereocenters. The van der Waals surface area contributed by atoms with E-state index in [4.69, 9.17) is 4.74 Å². The Morgan fingerprint density at radius 3 is 2.48 bits per heavy atom. The van der Waals surface area contributed by atoms with Crippen LogP contribution in [0.15, 0.2) is 53.0 Å². The Balaban J connectivity index is 1.85. The molecule has 0 aliphatic heterocycles. The molecule has 0 bridgehead atoms. The lowest BCUT2D eigenvalue weighted by atomic mass is 10.1. The molecule has 0 saturated carbocycles. The minimum absolute atomic E-state index is 0.350. The van der Waals surface area contributed by atoms with E-state index >= 15 is 0 Å². The molecule has 2 aromatic rings. The van der Waals surface area contributed by atoms with Crippen LogP contribution in [0.1, 0.15) is 5.56 Å². The second kappa shape index (κ2) is 8.33. The number of hydrogen-bond donors (Lipinski definition) is 2. The molecule has 0 heterocycles. The van der Waals surface area contributed by atoms with Gasteiger partial charge in [-0.3, -0.25) is 9.59 Å². The third kappa shape index (κ3) is 4.82. The summed E-state index contributed by atoms with van der Waals surface area (Å²) >= 11 is 3.31. The molecule has 6 heteroatoms. The van der Waals surface area contributed by atoms with Crippen LogP contribution >= 0.6 is 15.9 Å². The van der Waals surface area contributed by atoms with Gasteiger partial charge in [0, 0.05) is 11.0 Å². The van der Waals surface area contributed by atoms with Gasteiger partial charge in [-0.1, -0.05) is 30.3 Å². The van der Waals surface area contributed by atoms with Crippen molar-refractivity contribution in [3.63, 3.8) is 0 Å². The molecule has 120 valence electrons. The van der Waals surface area contributed by atoms with E-state index in [9.17, 15) is 9.59 Å². The molecule has 0 aromatic heterocycles. The van der Waals surface area contributed by atoms with Crippen LogP contribution in [-0.2, 0) is 16.0 Å². The molecule has 0 saturated heterocycles. The Bertz CT molecular complexity index is 704. The SMILES string of the molecule is COc1ccccc1CCNC(=O)C(=O)Nc1ccccc1Br. The smallest absolute Gasteiger partial charge is 0.313 e. The third-order valence-electron chi connectivity index (χ3n) is 3.20. The molecule has 2 amide bonds. The third-order valence-corrected chi connectivity index (χ3v) is 3.89. The number of halogens is 1. The number of ether oxygens (including phenoxy) is 1. The minimum Gasteiger partial charge on any atom is -0.496 e. The fourth-order valence-electron chi connectivity index (χ4n) is 2.04. The summed E-state index contributed by atoms with van der Waals surface area (Å²) in [6.07, 6.45) is 0.581. The maximum Gasteiger partial charge on any atom is 0.313 e. The highest BCUT2D eigenvalue weighted by Crippen LogP contribution is 2.21. The number of methoxy groups -OCH3 is 1. The summed E-state index contributed by atoms with van der Waals surface area (Å²) in [7, 11) is 1.60. The van der Waals surface area contributed by atoms with Crippen LogP contribution in [0.4, 0.5) is 5.69 Å². The molecule has 23 heavy (non-hydrogen) atoms. The highest BCUT2D eigenvalue weighted by atomic mass is 79.9. The summed E-state index contributed by atoms with van der Waals surface area (Å²) in [5.41, 5.74) is 1.53. The van der Waals surface area contributed by atoms with Gasteiger partial charge >= 0.3 is 11.8 Å². The topological polar surface area (TPSA) is 67.4 Å². The normalized spacial score (nSPS) is 10.0. The van der Waals surface area contributed by atoms with Gasteiger partial charge in [0.25, 0.3) is 0 Å². The standard InChI is InChI=1S/C17H17BrN2O3/c1-23-15-9-5-2-6-12(15)10-11-19-16(21)17(22)20-14-8-4-3-7-13(14)18/h2-9H,10-11H2,1H3,(H,19,21)(H,20,22). The van der Waals surface area contributed by atoms with E-state index in [0.29, 0.717) is 18.7 Å². The Hall–Kier alpha value is -2.34. The zero-order valence-electron chi connectivity index (χ0n) is 12.6. The van der Waals surface area contributed by atoms with Gasteiger partial charge in [-0.05, 0) is 46.1 Å². The van der Waals surface area contributed by atoms with Crippen LogP contribution in [0.3, 0.4) is 0 Å². The summed E-state index contributed by atoms with van der Waals surface area (Å²) in [5.74, 6) is -0.605. The second-order valence-electron chi connectivity index (χ2n) is 4.75. The number of anilines is 1. The zero-order valence-corrected chi connectivity index (χ0v) is 14.2. The summed E-state index contributed by atoms with van der Waals surface area (Å²) in [4.78, 5) is 23.7. The van der Waals surface area contributed by atoms with Gasteiger partial charge in [-0.25, -0.2) is 0 Å². The van der Waals surface area contributed by atoms with Gasteiger partial charge in [0.2, 0.25) is 0 Å². The first-order valence-corrected chi connectivity index (χ1v) is 7.86. The highest BCUT2D eigenvalue weighted by Gasteiger charge is 2.14. The molecule has 0 atom stereocenters. The van der Waals surface area contributed by atoms with Crippen molar-refractivity contribution < 1.29 is 14.3 Å². The zero-order chi connectivity index (χ0) is 16.7. The van der Waals surface area contributed by atoms with E-state index in [-0.39, 0.29) is 0 Å².